The fourth-order valence-corrected chi connectivity index (χ4v) is 4.22. The summed E-state index contributed by atoms with van der Waals surface area (Å²) < 4.78 is 0. The first-order valence-electron chi connectivity index (χ1n) is 8.68. The van der Waals surface area contributed by atoms with Gasteiger partial charge < -0.3 is 5.32 Å². The van der Waals surface area contributed by atoms with Crippen molar-refractivity contribution in [1.29, 1.82) is 0 Å². The van der Waals surface area contributed by atoms with Gasteiger partial charge in [-0.1, -0.05) is 74.0 Å². The number of rotatable bonds is 5. The van der Waals surface area contributed by atoms with Crippen LogP contribution in [0.1, 0.15) is 49.7 Å². The minimum absolute atomic E-state index is 0.282. The summed E-state index contributed by atoms with van der Waals surface area (Å²) in [5.41, 5.74) is 3.32. The second-order valence-electron chi connectivity index (χ2n) is 6.52. The fraction of sp³-hybridized carbons (Fsp3) is 0.429. The molecule has 2 aromatic rings. The molecule has 1 aliphatic rings. The van der Waals surface area contributed by atoms with Crippen molar-refractivity contribution in [2.75, 3.05) is 13.1 Å². The van der Waals surface area contributed by atoms with E-state index < -0.39 is 0 Å². The lowest BCUT2D eigenvalue weighted by Gasteiger charge is -2.45. The van der Waals surface area contributed by atoms with Gasteiger partial charge >= 0.3 is 0 Å². The van der Waals surface area contributed by atoms with Crippen LogP contribution in [0.3, 0.4) is 0 Å². The van der Waals surface area contributed by atoms with Crippen LogP contribution in [0, 0.1) is 0 Å². The Morgan fingerprint density at radius 3 is 2.09 bits per heavy atom. The first kappa shape index (κ1) is 15.3. The Balaban J connectivity index is 2.06. The Bertz CT molecular complexity index is 555. The molecule has 3 rings (SSSR count). The van der Waals surface area contributed by atoms with E-state index in [4.69, 9.17) is 0 Å². The van der Waals surface area contributed by atoms with Gasteiger partial charge in [-0.15, -0.1) is 0 Å². The van der Waals surface area contributed by atoms with Gasteiger partial charge in [-0.2, -0.15) is 0 Å². The predicted octanol–water partition coefficient (Wildman–Crippen LogP) is 4.89. The van der Waals surface area contributed by atoms with Crippen molar-refractivity contribution in [3.8, 4) is 0 Å². The van der Waals surface area contributed by atoms with Crippen molar-refractivity contribution in [1.82, 2.24) is 5.32 Å². The minimum atomic E-state index is 0.282. The second-order valence-corrected chi connectivity index (χ2v) is 6.52. The van der Waals surface area contributed by atoms with Crippen LogP contribution in [0.25, 0.3) is 0 Å². The number of piperidine rings is 1. The van der Waals surface area contributed by atoms with Gasteiger partial charge in [-0.25, -0.2) is 0 Å². The van der Waals surface area contributed by atoms with E-state index in [0.717, 1.165) is 13.1 Å². The first-order valence-corrected chi connectivity index (χ1v) is 8.68. The lowest BCUT2D eigenvalue weighted by molar-refractivity contribution is 0.243. The molecule has 0 radical (unpaired) electrons. The topological polar surface area (TPSA) is 12.0 Å². The molecule has 0 aromatic heterocycles. The Labute approximate surface area is 134 Å². The molecule has 1 nitrogen and oxygen atoms in total. The summed E-state index contributed by atoms with van der Waals surface area (Å²) in [6, 6.07) is 22.4. The second kappa shape index (κ2) is 7.11. The molecule has 0 saturated carbocycles. The standard InChI is InChI=1S/C21H27N/c1-2-9-20(18-10-5-3-6-11-18)21(14-16-22-17-15-21)19-12-7-4-8-13-19/h3-8,10-13,20,22H,2,9,14-17H2,1H3. The monoisotopic (exact) mass is 293 g/mol. The highest BCUT2D eigenvalue weighted by molar-refractivity contribution is 5.34. The fourth-order valence-electron chi connectivity index (χ4n) is 4.22. The Morgan fingerprint density at radius 2 is 1.50 bits per heavy atom. The number of benzene rings is 2. The third-order valence-electron chi connectivity index (χ3n) is 5.29. The summed E-state index contributed by atoms with van der Waals surface area (Å²) in [7, 11) is 0. The quantitative estimate of drug-likeness (QED) is 0.827. The molecule has 0 amide bonds. The van der Waals surface area contributed by atoms with Crippen molar-refractivity contribution in [2.24, 2.45) is 0 Å². The summed E-state index contributed by atoms with van der Waals surface area (Å²) in [4.78, 5) is 0. The average molecular weight is 293 g/mol. The highest BCUT2D eigenvalue weighted by atomic mass is 14.9. The Hall–Kier alpha value is -1.60. The number of hydrogen-bond donors (Lipinski definition) is 1. The maximum atomic E-state index is 3.56. The highest BCUT2D eigenvalue weighted by Crippen LogP contribution is 2.47. The molecule has 0 spiro atoms. The molecular weight excluding hydrogens is 266 g/mol. The van der Waals surface area contributed by atoms with Crippen LogP contribution >= 0.6 is 0 Å². The van der Waals surface area contributed by atoms with E-state index in [1.54, 1.807) is 0 Å². The van der Waals surface area contributed by atoms with Crippen LogP contribution in [-0.2, 0) is 5.41 Å². The van der Waals surface area contributed by atoms with Crippen LogP contribution in [0.4, 0.5) is 0 Å². The van der Waals surface area contributed by atoms with Gasteiger partial charge in [0.15, 0.2) is 0 Å². The lowest BCUT2D eigenvalue weighted by atomic mass is 9.61. The van der Waals surface area contributed by atoms with Gasteiger partial charge in [0.2, 0.25) is 0 Å². The van der Waals surface area contributed by atoms with Gasteiger partial charge in [-0.05, 0) is 49.4 Å². The van der Waals surface area contributed by atoms with E-state index in [9.17, 15) is 0 Å². The van der Waals surface area contributed by atoms with Gasteiger partial charge in [0, 0.05) is 5.41 Å². The zero-order valence-electron chi connectivity index (χ0n) is 13.6. The van der Waals surface area contributed by atoms with E-state index >= 15 is 0 Å². The lowest BCUT2D eigenvalue weighted by Crippen LogP contribution is -2.44. The third kappa shape index (κ3) is 2.96. The molecule has 0 bridgehead atoms. The van der Waals surface area contributed by atoms with E-state index in [2.05, 4.69) is 72.9 Å². The Kier molecular flexibility index (Phi) is 4.94. The average Bonchev–Trinajstić information content (AvgIpc) is 2.62. The molecule has 2 aromatic carbocycles. The van der Waals surface area contributed by atoms with Gasteiger partial charge in [0.25, 0.3) is 0 Å². The van der Waals surface area contributed by atoms with Crippen LogP contribution in [0.5, 0.6) is 0 Å². The SMILES string of the molecule is CCCC(c1ccccc1)C1(c2ccccc2)CCNCC1. The third-order valence-corrected chi connectivity index (χ3v) is 5.29. The maximum absolute atomic E-state index is 3.56. The number of hydrogen-bond acceptors (Lipinski definition) is 1. The van der Waals surface area contributed by atoms with Crippen molar-refractivity contribution in [3.05, 3.63) is 71.8 Å². The van der Waals surface area contributed by atoms with E-state index in [0.29, 0.717) is 5.92 Å². The molecule has 1 aliphatic heterocycles. The summed E-state index contributed by atoms with van der Waals surface area (Å²) in [6.45, 7) is 4.57. The van der Waals surface area contributed by atoms with Crippen LogP contribution in [0.2, 0.25) is 0 Å². The molecule has 1 fully saturated rings. The molecular formula is C21H27N. The molecule has 1 N–H and O–H groups in total. The molecule has 1 heteroatoms. The predicted molar refractivity (Wildman–Crippen MR) is 94.3 cm³/mol. The van der Waals surface area contributed by atoms with Crippen molar-refractivity contribution >= 4 is 0 Å². The molecule has 22 heavy (non-hydrogen) atoms. The van der Waals surface area contributed by atoms with Crippen LogP contribution in [-0.4, -0.2) is 13.1 Å². The Morgan fingerprint density at radius 1 is 0.909 bits per heavy atom. The highest BCUT2D eigenvalue weighted by Gasteiger charge is 2.41. The summed E-state index contributed by atoms with van der Waals surface area (Å²) >= 11 is 0. The van der Waals surface area contributed by atoms with Crippen molar-refractivity contribution in [3.63, 3.8) is 0 Å². The van der Waals surface area contributed by atoms with Crippen molar-refractivity contribution < 1.29 is 0 Å². The molecule has 0 aliphatic carbocycles. The van der Waals surface area contributed by atoms with Crippen LogP contribution < -0.4 is 5.32 Å². The zero-order chi connectivity index (χ0) is 15.3. The first-order chi connectivity index (χ1) is 10.9. The van der Waals surface area contributed by atoms with E-state index in [1.807, 2.05) is 0 Å². The van der Waals surface area contributed by atoms with Gasteiger partial charge in [0.05, 0.1) is 0 Å². The molecule has 116 valence electrons. The molecule has 1 atom stereocenters. The molecule has 1 heterocycles. The van der Waals surface area contributed by atoms with Crippen molar-refractivity contribution in [2.45, 2.75) is 43.9 Å². The van der Waals surface area contributed by atoms with Crippen LogP contribution in [0.15, 0.2) is 60.7 Å². The zero-order valence-corrected chi connectivity index (χ0v) is 13.6. The molecule has 1 unspecified atom stereocenters. The van der Waals surface area contributed by atoms with Gasteiger partial charge in [0.1, 0.15) is 0 Å². The number of nitrogens with one attached hydrogen (secondary N) is 1. The summed E-state index contributed by atoms with van der Waals surface area (Å²) in [5.74, 6) is 0.614. The van der Waals surface area contributed by atoms with E-state index in [-0.39, 0.29) is 5.41 Å². The van der Waals surface area contributed by atoms with Gasteiger partial charge in [-0.3, -0.25) is 0 Å². The summed E-state index contributed by atoms with van der Waals surface area (Å²) in [5, 5.41) is 3.56. The largest absolute Gasteiger partial charge is 0.317 e. The minimum Gasteiger partial charge on any atom is -0.317 e. The smallest absolute Gasteiger partial charge is 0.00457 e. The normalized spacial score (nSPS) is 18.8. The molecule has 1 saturated heterocycles. The van der Waals surface area contributed by atoms with E-state index in [1.165, 1.54) is 36.8 Å². The maximum Gasteiger partial charge on any atom is 0.00457 e. The summed E-state index contributed by atoms with van der Waals surface area (Å²) in [6.07, 6.45) is 4.97.